The van der Waals surface area contributed by atoms with Gasteiger partial charge < -0.3 is 10.1 Å². The van der Waals surface area contributed by atoms with Gasteiger partial charge in [0.25, 0.3) is 0 Å². The summed E-state index contributed by atoms with van der Waals surface area (Å²) in [6.07, 6.45) is 0. The molecule has 0 bridgehead atoms. The molecule has 0 amide bonds. The van der Waals surface area contributed by atoms with Crippen LogP contribution in [0.1, 0.15) is 11.1 Å². The molecule has 21 heavy (non-hydrogen) atoms. The molecule has 0 atom stereocenters. The maximum Gasteiger partial charge on any atom is 0.129 e. The third-order valence-corrected chi connectivity index (χ3v) is 4.01. The van der Waals surface area contributed by atoms with Gasteiger partial charge in [0.2, 0.25) is 0 Å². The van der Waals surface area contributed by atoms with Crippen LogP contribution >= 0.6 is 23.3 Å². The molecule has 0 aliphatic carbocycles. The van der Waals surface area contributed by atoms with Crippen LogP contribution in [0.4, 0.5) is 5.69 Å². The van der Waals surface area contributed by atoms with E-state index in [-0.39, 0.29) is 0 Å². The van der Waals surface area contributed by atoms with E-state index in [9.17, 15) is 0 Å². The number of halogens is 1. The molecule has 3 aromatic rings. The number of ether oxygens (including phenoxy) is 1. The minimum Gasteiger partial charge on any atom is -0.380 e. The van der Waals surface area contributed by atoms with Gasteiger partial charge in [0.1, 0.15) is 11.0 Å². The smallest absolute Gasteiger partial charge is 0.129 e. The van der Waals surface area contributed by atoms with Crippen molar-refractivity contribution in [1.29, 1.82) is 0 Å². The molecule has 0 saturated heterocycles. The quantitative estimate of drug-likeness (QED) is 0.769. The highest BCUT2D eigenvalue weighted by atomic mass is 35.5. The summed E-state index contributed by atoms with van der Waals surface area (Å²) in [7, 11) is 1.70. The molecule has 108 valence electrons. The zero-order valence-electron chi connectivity index (χ0n) is 11.5. The van der Waals surface area contributed by atoms with E-state index in [2.05, 4.69) is 26.2 Å². The highest BCUT2D eigenvalue weighted by Gasteiger charge is 2.09. The van der Waals surface area contributed by atoms with Crippen molar-refractivity contribution in [3.63, 3.8) is 0 Å². The first-order chi connectivity index (χ1) is 10.3. The Bertz CT molecular complexity index is 760. The zero-order chi connectivity index (χ0) is 14.7. The number of nitrogens with zero attached hydrogens (tertiary/aromatic N) is 2. The molecule has 0 spiro atoms. The van der Waals surface area contributed by atoms with E-state index in [0.29, 0.717) is 18.2 Å². The van der Waals surface area contributed by atoms with Crippen LogP contribution < -0.4 is 5.32 Å². The largest absolute Gasteiger partial charge is 0.380 e. The first-order valence-corrected chi connectivity index (χ1v) is 7.60. The van der Waals surface area contributed by atoms with Crippen LogP contribution in [0.25, 0.3) is 11.0 Å². The predicted octanol–water partition coefficient (Wildman–Crippen LogP) is 4.10. The molecule has 1 heterocycles. The van der Waals surface area contributed by atoms with Crippen molar-refractivity contribution >= 4 is 40.0 Å². The summed E-state index contributed by atoms with van der Waals surface area (Å²) < 4.78 is 13.7. The summed E-state index contributed by atoms with van der Waals surface area (Å²) in [5.41, 5.74) is 4.83. The van der Waals surface area contributed by atoms with Crippen molar-refractivity contribution in [3.05, 3.63) is 52.5 Å². The summed E-state index contributed by atoms with van der Waals surface area (Å²) in [4.78, 5) is 0. The lowest BCUT2D eigenvalue weighted by Gasteiger charge is -2.10. The van der Waals surface area contributed by atoms with Crippen LogP contribution in [-0.4, -0.2) is 15.9 Å². The standard InChI is InChI=1S/C15H14ClN3OS/c1-20-9-11-4-2-3-10(7-11)8-17-14-12(16)5-6-13-15(14)19-21-18-13/h2-7,17H,8-9H2,1H3. The Kier molecular flexibility index (Phi) is 4.34. The fraction of sp³-hybridized carbons (Fsp3) is 0.200. The van der Waals surface area contributed by atoms with Crippen molar-refractivity contribution in [3.8, 4) is 0 Å². The number of hydrogen-bond donors (Lipinski definition) is 1. The number of benzene rings is 2. The normalized spacial score (nSPS) is 11.0. The molecule has 0 aliphatic rings. The monoisotopic (exact) mass is 319 g/mol. The van der Waals surface area contributed by atoms with Gasteiger partial charge in [0, 0.05) is 13.7 Å². The highest BCUT2D eigenvalue weighted by molar-refractivity contribution is 7.00. The molecule has 1 aromatic heterocycles. The van der Waals surface area contributed by atoms with Crippen LogP contribution in [0.15, 0.2) is 36.4 Å². The number of aromatic nitrogens is 2. The van der Waals surface area contributed by atoms with Crippen LogP contribution in [0, 0.1) is 0 Å². The Balaban J connectivity index is 1.81. The average Bonchev–Trinajstić information content (AvgIpc) is 2.95. The molecular formula is C15H14ClN3OS. The summed E-state index contributed by atoms with van der Waals surface area (Å²) >= 11 is 7.45. The number of methoxy groups -OCH3 is 1. The van der Waals surface area contributed by atoms with Crippen molar-refractivity contribution in [1.82, 2.24) is 8.75 Å². The van der Waals surface area contributed by atoms with Crippen LogP contribution in [0.2, 0.25) is 5.02 Å². The zero-order valence-corrected chi connectivity index (χ0v) is 13.0. The predicted molar refractivity (Wildman–Crippen MR) is 86.9 cm³/mol. The van der Waals surface area contributed by atoms with Gasteiger partial charge in [-0.2, -0.15) is 8.75 Å². The average molecular weight is 320 g/mol. The topological polar surface area (TPSA) is 47.0 Å². The third-order valence-electron chi connectivity index (χ3n) is 3.15. The second-order valence-corrected chi connectivity index (χ2v) is 5.60. The van der Waals surface area contributed by atoms with Crippen molar-refractivity contribution in [2.45, 2.75) is 13.2 Å². The van der Waals surface area contributed by atoms with E-state index in [1.807, 2.05) is 24.3 Å². The molecule has 0 fully saturated rings. The van der Waals surface area contributed by atoms with E-state index in [4.69, 9.17) is 16.3 Å². The van der Waals surface area contributed by atoms with Crippen LogP contribution in [0.3, 0.4) is 0 Å². The summed E-state index contributed by atoms with van der Waals surface area (Å²) in [5, 5.41) is 4.01. The fourth-order valence-corrected chi connectivity index (χ4v) is 2.94. The van der Waals surface area contributed by atoms with Gasteiger partial charge in [-0.1, -0.05) is 35.9 Å². The SMILES string of the molecule is COCc1cccc(CNc2c(Cl)ccc3nsnc23)c1. The molecule has 4 nitrogen and oxygen atoms in total. The molecular weight excluding hydrogens is 306 g/mol. The van der Waals surface area contributed by atoms with Crippen molar-refractivity contribution in [2.75, 3.05) is 12.4 Å². The van der Waals surface area contributed by atoms with Gasteiger partial charge >= 0.3 is 0 Å². The van der Waals surface area contributed by atoms with E-state index in [1.165, 1.54) is 17.3 Å². The van der Waals surface area contributed by atoms with Gasteiger partial charge in [0.05, 0.1) is 29.0 Å². The van der Waals surface area contributed by atoms with Crippen molar-refractivity contribution in [2.24, 2.45) is 0 Å². The molecule has 0 radical (unpaired) electrons. The van der Waals surface area contributed by atoms with Gasteiger partial charge in [-0.15, -0.1) is 0 Å². The lowest BCUT2D eigenvalue weighted by molar-refractivity contribution is 0.185. The number of nitrogens with one attached hydrogen (secondary N) is 1. The molecule has 0 saturated carbocycles. The number of anilines is 1. The summed E-state index contributed by atoms with van der Waals surface area (Å²) in [6, 6.07) is 12.0. The van der Waals surface area contributed by atoms with Gasteiger partial charge in [0.15, 0.2) is 0 Å². The van der Waals surface area contributed by atoms with E-state index < -0.39 is 0 Å². The molecule has 0 aliphatic heterocycles. The highest BCUT2D eigenvalue weighted by Crippen LogP contribution is 2.30. The minimum absolute atomic E-state index is 0.611. The van der Waals surface area contributed by atoms with Crippen LogP contribution in [0.5, 0.6) is 0 Å². The number of hydrogen-bond acceptors (Lipinski definition) is 5. The van der Waals surface area contributed by atoms with E-state index >= 15 is 0 Å². The van der Waals surface area contributed by atoms with Crippen molar-refractivity contribution < 1.29 is 4.74 Å². The number of fused-ring (bicyclic) bond motifs is 1. The Morgan fingerprint density at radius 3 is 2.90 bits per heavy atom. The number of rotatable bonds is 5. The Hall–Kier alpha value is -1.69. The first kappa shape index (κ1) is 14.3. The third kappa shape index (κ3) is 3.15. The van der Waals surface area contributed by atoms with E-state index in [1.54, 1.807) is 7.11 Å². The van der Waals surface area contributed by atoms with E-state index in [0.717, 1.165) is 22.3 Å². The van der Waals surface area contributed by atoms with Gasteiger partial charge in [-0.05, 0) is 23.3 Å². The molecule has 6 heteroatoms. The molecule has 1 N–H and O–H groups in total. The molecule has 2 aromatic carbocycles. The maximum atomic E-state index is 6.26. The summed E-state index contributed by atoms with van der Waals surface area (Å²) in [6.45, 7) is 1.29. The van der Waals surface area contributed by atoms with Crippen LogP contribution in [-0.2, 0) is 17.9 Å². The lowest BCUT2D eigenvalue weighted by atomic mass is 10.1. The Labute approximate surface area is 132 Å². The second-order valence-electron chi connectivity index (χ2n) is 4.66. The lowest BCUT2D eigenvalue weighted by Crippen LogP contribution is -2.01. The van der Waals surface area contributed by atoms with Gasteiger partial charge in [-0.25, -0.2) is 0 Å². The Morgan fingerprint density at radius 1 is 1.19 bits per heavy atom. The minimum atomic E-state index is 0.611. The molecule has 0 unspecified atom stereocenters. The first-order valence-electron chi connectivity index (χ1n) is 6.49. The second kappa shape index (κ2) is 6.39. The summed E-state index contributed by atoms with van der Waals surface area (Å²) in [5.74, 6) is 0. The molecule has 3 rings (SSSR count). The van der Waals surface area contributed by atoms with Gasteiger partial charge in [-0.3, -0.25) is 0 Å². The Morgan fingerprint density at radius 2 is 2.05 bits per heavy atom. The maximum absolute atomic E-state index is 6.26. The fourth-order valence-electron chi connectivity index (χ4n) is 2.18.